The molecule has 9 heteroatoms. The number of hydrogen-bond donors (Lipinski definition) is 0. The molecule has 1 aromatic rings. The first-order chi connectivity index (χ1) is 12.7. The molecule has 1 aromatic carbocycles. The third-order valence-electron chi connectivity index (χ3n) is 4.61. The maximum atomic E-state index is 12.4. The standard InChI is InChI=1S/C18H25N3O6/c1-18(2,3)27-17(22)19-6-7-20-12(11-19)5-8-26-16-10-14(21(23)24)15(25-4)9-13(16)20/h9-10,12H,5-8,11H2,1-4H3/t12-/m0/s1. The lowest BCUT2D eigenvalue weighted by Gasteiger charge is -2.42. The number of benzene rings is 1. The van der Waals surface area contributed by atoms with Gasteiger partial charge in [-0.1, -0.05) is 0 Å². The average molecular weight is 379 g/mol. The van der Waals surface area contributed by atoms with E-state index in [9.17, 15) is 14.9 Å². The Morgan fingerprint density at radius 3 is 2.70 bits per heavy atom. The van der Waals surface area contributed by atoms with Crippen LogP contribution in [0.5, 0.6) is 11.5 Å². The Balaban J connectivity index is 1.85. The number of rotatable bonds is 2. The van der Waals surface area contributed by atoms with Crippen LogP contribution in [0.15, 0.2) is 12.1 Å². The van der Waals surface area contributed by atoms with Crippen LogP contribution in [0.1, 0.15) is 27.2 Å². The van der Waals surface area contributed by atoms with E-state index in [1.165, 1.54) is 13.2 Å². The largest absolute Gasteiger partial charge is 0.491 e. The van der Waals surface area contributed by atoms with Gasteiger partial charge < -0.3 is 24.0 Å². The predicted octanol–water partition coefficient (Wildman–Crippen LogP) is 2.81. The number of nitrogens with zero attached hydrogens (tertiary/aromatic N) is 3. The zero-order valence-corrected chi connectivity index (χ0v) is 16.1. The number of hydrogen-bond acceptors (Lipinski definition) is 7. The monoisotopic (exact) mass is 379 g/mol. The van der Waals surface area contributed by atoms with Crippen molar-refractivity contribution in [1.29, 1.82) is 0 Å². The molecule has 27 heavy (non-hydrogen) atoms. The topological polar surface area (TPSA) is 94.4 Å². The lowest BCUT2D eigenvalue weighted by Crippen LogP contribution is -2.55. The first-order valence-electron chi connectivity index (χ1n) is 8.93. The van der Waals surface area contributed by atoms with Gasteiger partial charge in [0.25, 0.3) is 0 Å². The van der Waals surface area contributed by atoms with E-state index in [0.29, 0.717) is 38.4 Å². The highest BCUT2D eigenvalue weighted by atomic mass is 16.6. The number of carbonyl (C=O) groups excluding carboxylic acids is 1. The van der Waals surface area contributed by atoms with Crippen LogP contribution >= 0.6 is 0 Å². The Kier molecular flexibility index (Phi) is 5.03. The van der Waals surface area contributed by atoms with Crippen LogP contribution in [0.3, 0.4) is 0 Å². The lowest BCUT2D eigenvalue weighted by atomic mass is 10.1. The minimum absolute atomic E-state index is 0.0404. The first-order valence-corrected chi connectivity index (χ1v) is 8.93. The molecule has 148 valence electrons. The number of ether oxygens (including phenoxy) is 3. The summed E-state index contributed by atoms with van der Waals surface area (Å²) < 4.78 is 16.4. The van der Waals surface area contributed by atoms with Crippen LogP contribution in [-0.4, -0.2) is 60.9 Å². The fourth-order valence-electron chi connectivity index (χ4n) is 3.40. The van der Waals surface area contributed by atoms with Gasteiger partial charge >= 0.3 is 11.8 Å². The summed E-state index contributed by atoms with van der Waals surface area (Å²) >= 11 is 0. The number of piperazine rings is 1. The third-order valence-corrected chi connectivity index (χ3v) is 4.61. The summed E-state index contributed by atoms with van der Waals surface area (Å²) in [5.41, 5.74) is 0.0885. The van der Waals surface area contributed by atoms with Crippen molar-refractivity contribution in [1.82, 2.24) is 4.90 Å². The highest BCUT2D eigenvalue weighted by Crippen LogP contribution is 2.42. The Hall–Kier alpha value is -2.71. The van der Waals surface area contributed by atoms with Gasteiger partial charge in [0, 0.05) is 32.1 Å². The molecule has 0 aliphatic carbocycles. The van der Waals surface area contributed by atoms with Crippen molar-refractivity contribution in [3.8, 4) is 11.5 Å². The number of methoxy groups -OCH3 is 1. The normalized spacial score (nSPS) is 19.3. The molecular weight excluding hydrogens is 354 g/mol. The summed E-state index contributed by atoms with van der Waals surface area (Å²) in [4.78, 5) is 27.0. The molecule has 1 atom stereocenters. The van der Waals surface area contributed by atoms with Gasteiger partial charge in [0.15, 0.2) is 5.75 Å². The minimum atomic E-state index is -0.542. The SMILES string of the molecule is COc1cc2c(cc1[N+](=O)[O-])OCC[C@H]1CN(C(=O)OC(C)(C)C)CCN21. The van der Waals surface area contributed by atoms with Gasteiger partial charge in [-0.05, 0) is 20.8 Å². The molecule has 0 saturated carbocycles. The van der Waals surface area contributed by atoms with Crippen molar-refractivity contribution < 1.29 is 23.9 Å². The van der Waals surface area contributed by atoms with E-state index in [2.05, 4.69) is 4.90 Å². The van der Waals surface area contributed by atoms with Gasteiger partial charge in [-0.15, -0.1) is 0 Å². The van der Waals surface area contributed by atoms with Gasteiger partial charge in [-0.2, -0.15) is 0 Å². The molecule has 1 amide bonds. The Morgan fingerprint density at radius 2 is 2.07 bits per heavy atom. The summed E-state index contributed by atoms with van der Waals surface area (Å²) in [6.07, 6.45) is 0.373. The van der Waals surface area contributed by atoms with E-state index in [1.807, 2.05) is 20.8 Å². The molecule has 2 aliphatic heterocycles. The number of fused-ring (bicyclic) bond motifs is 3. The third kappa shape index (κ3) is 4.01. The van der Waals surface area contributed by atoms with Crippen molar-refractivity contribution in [2.75, 3.05) is 38.3 Å². The fraction of sp³-hybridized carbons (Fsp3) is 0.611. The van der Waals surface area contributed by atoms with Crippen molar-refractivity contribution in [3.63, 3.8) is 0 Å². The molecule has 0 radical (unpaired) electrons. The van der Waals surface area contributed by atoms with Gasteiger partial charge in [0.2, 0.25) is 0 Å². The number of nitro groups is 1. The Morgan fingerprint density at radius 1 is 1.33 bits per heavy atom. The number of anilines is 1. The highest BCUT2D eigenvalue weighted by molar-refractivity contribution is 5.71. The Labute approximate surface area is 157 Å². The predicted molar refractivity (Wildman–Crippen MR) is 98.7 cm³/mol. The summed E-state index contributed by atoms with van der Waals surface area (Å²) in [5, 5.41) is 11.3. The van der Waals surface area contributed by atoms with Crippen molar-refractivity contribution in [3.05, 3.63) is 22.2 Å². The molecule has 1 saturated heterocycles. The molecule has 0 N–H and O–H groups in total. The highest BCUT2D eigenvalue weighted by Gasteiger charge is 2.36. The average Bonchev–Trinajstić information content (AvgIpc) is 2.77. The van der Waals surface area contributed by atoms with E-state index in [1.54, 1.807) is 11.0 Å². The molecule has 3 rings (SSSR count). The van der Waals surface area contributed by atoms with Crippen LogP contribution < -0.4 is 14.4 Å². The fourth-order valence-corrected chi connectivity index (χ4v) is 3.40. The van der Waals surface area contributed by atoms with Crippen LogP contribution in [0.25, 0.3) is 0 Å². The minimum Gasteiger partial charge on any atom is -0.491 e. The second-order valence-corrected chi connectivity index (χ2v) is 7.66. The molecule has 1 fully saturated rings. The summed E-state index contributed by atoms with van der Waals surface area (Å²) in [6.45, 7) is 7.55. The molecule has 2 heterocycles. The Bertz CT molecular complexity index is 745. The molecule has 0 bridgehead atoms. The number of carbonyl (C=O) groups is 1. The van der Waals surface area contributed by atoms with Crippen molar-refractivity contribution in [2.45, 2.75) is 38.8 Å². The quantitative estimate of drug-likeness (QED) is 0.576. The van der Waals surface area contributed by atoms with Crippen molar-refractivity contribution in [2.24, 2.45) is 0 Å². The van der Waals surface area contributed by atoms with Gasteiger partial charge in [-0.3, -0.25) is 10.1 Å². The van der Waals surface area contributed by atoms with Crippen LogP contribution in [-0.2, 0) is 4.74 Å². The van der Waals surface area contributed by atoms with Crippen LogP contribution in [0, 0.1) is 10.1 Å². The van der Waals surface area contributed by atoms with Crippen molar-refractivity contribution >= 4 is 17.5 Å². The zero-order chi connectivity index (χ0) is 19.8. The van der Waals surface area contributed by atoms with E-state index in [4.69, 9.17) is 14.2 Å². The van der Waals surface area contributed by atoms with Gasteiger partial charge in [0.05, 0.1) is 36.4 Å². The lowest BCUT2D eigenvalue weighted by molar-refractivity contribution is -0.385. The first kappa shape index (κ1) is 19.1. The van der Waals surface area contributed by atoms with Gasteiger partial charge in [-0.25, -0.2) is 4.79 Å². The summed E-state index contributed by atoms with van der Waals surface area (Å²) in [6, 6.07) is 3.10. The molecule has 0 spiro atoms. The van der Waals surface area contributed by atoms with E-state index >= 15 is 0 Å². The van der Waals surface area contributed by atoms with E-state index in [0.717, 1.165) is 5.69 Å². The van der Waals surface area contributed by atoms with E-state index in [-0.39, 0.29) is 23.6 Å². The maximum absolute atomic E-state index is 12.4. The molecule has 2 aliphatic rings. The molecule has 9 nitrogen and oxygen atoms in total. The van der Waals surface area contributed by atoms with Gasteiger partial charge in [0.1, 0.15) is 11.4 Å². The summed E-state index contributed by atoms with van der Waals surface area (Å²) in [7, 11) is 1.41. The second-order valence-electron chi connectivity index (χ2n) is 7.66. The smallest absolute Gasteiger partial charge is 0.410 e. The second kappa shape index (κ2) is 7.13. The van der Waals surface area contributed by atoms with Crippen LogP contribution in [0.2, 0.25) is 0 Å². The zero-order valence-electron chi connectivity index (χ0n) is 16.1. The number of nitro benzene ring substituents is 1. The molecule has 0 aromatic heterocycles. The summed E-state index contributed by atoms with van der Waals surface area (Å²) in [5.74, 6) is 0.660. The van der Waals surface area contributed by atoms with E-state index < -0.39 is 10.5 Å². The number of amides is 1. The molecular formula is C18H25N3O6. The maximum Gasteiger partial charge on any atom is 0.410 e. The van der Waals surface area contributed by atoms with Crippen LogP contribution in [0.4, 0.5) is 16.2 Å². The molecule has 0 unspecified atom stereocenters.